The third kappa shape index (κ3) is 6.05. The molecule has 0 saturated heterocycles. The number of nitrogens with zero attached hydrogens (tertiary/aromatic N) is 1. The molecule has 0 fully saturated rings. The summed E-state index contributed by atoms with van der Waals surface area (Å²) in [6.45, 7) is -0.118. The summed E-state index contributed by atoms with van der Waals surface area (Å²) in [5.74, 6) is -0.903. The maximum atomic E-state index is 13.6. The van der Waals surface area contributed by atoms with Gasteiger partial charge in [0.1, 0.15) is 17.6 Å². The number of benzene rings is 3. The molecule has 5 nitrogen and oxygen atoms in total. The van der Waals surface area contributed by atoms with E-state index in [1.165, 1.54) is 23.1 Å². The number of carbonyl (C=O) groups excluding carboxylic acids is 1. The van der Waals surface area contributed by atoms with Crippen LogP contribution in [0.5, 0.6) is 0 Å². The lowest BCUT2D eigenvalue weighted by molar-refractivity contribution is -0.142. The van der Waals surface area contributed by atoms with Crippen molar-refractivity contribution in [2.45, 2.75) is 19.0 Å². The number of carboxylic acid groups (broad SMARTS) is 1. The Bertz CT molecular complexity index is 1400. The van der Waals surface area contributed by atoms with Crippen LogP contribution in [0.2, 0.25) is 20.1 Å². The molecule has 0 aliphatic carbocycles. The zero-order chi connectivity index (χ0) is 25.8. The molecule has 3 aromatic carbocycles. The molecule has 1 atom stereocenters. The van der Waals surface area contributed by atoms with Crippen molar-refractivity contribution < 1.29 is 19.1 Å². The predicted molar refractivity (Wildman–Crippen MR) is 142 cm³/mol. The lowest BCUT2D eigenvalue weighted by Gasteiger charge is -2.29. The van der Waals surface area contributed by atoms with Crippen LogP contribution in [0.4, 0.5) is 0 Å². The number of hydrogen-bond donors (Lipinski definition) is 1. The summed E-state index contributed by atoms with van der Waals surface area (Å²) in [6.07, 6.45) is 0.0870. The first kappa shape index (κ1) is 26.1. The highest BCUT2D eigenvalue weighted by Crippen LogP contribution is 2.32. The highest BCUT2D eigenvalue weighted by molar-refractivity contribution is 6.37. The highest BCUT2D eigenvalue weighted by atomic mass is 35.5. The minimum absolute atomic E-state index is 0.0870. The van der Waals surface area contributed by atoms with Crippen molar-refractivity contribution in [1.82, 2.24) is 4.90 Å². The maximum absolute atomic E-state index is 13.6. The van der Waals surface area contributed by atoms with Gasteiger partial charge >= 0.3 is 5.97 Å². The Kier molecular flexibility index (Phi) is 8.27. The SMILES string of the molecule is O=C(O)C(Cc1ccccc1)N(Cc1ccc(-c2ccc(Cl)cc2Cl)o1)C(=O)c1ccc(Cl)cc1Cl. The largest absolute Gasteiger partial charge is 0.480 e. The zero-order valence-electron chi connectivity index (χ0n) is 18.6. The van der Waals surface area contributed by atoms with E-state index in [0.29, 0.717) is 32.2 Å². The van der Waals surface area contributed by atoms with Gasteiger partial charge in [-0.1, -0.05) is 76.7 Å². The van der Waals surface area contributed by atoms with Gasteiger partial charge in [-0.2, -0.15) is 0 Å². The molecule has 36 heavy (non-hydrogen) atoms. The fraction of sp³-hybridized carbons (Fsp3) is 0.111. The molecule has 0 saturated carbocycles. The van der Waals surface area contributed by atoms with Gasteiger partial charge in [-0.3, -0.25) is 4.79 Å². The Morgan fingerprint density at radius 1 is 0.833 bits per heavy atom. The average Bonchev–Trinajstić information content (AvgIpc) is 3.29. The van der Waals surface area contributed by atoms with Crippen molar-refractivity contribution >= 4 is 58.3 Å². The van der Waals surface area contributed by atoms with Crippen LogP contribution in [-0.2, 0) is 17.8 Å². The fourth-order valence-electron chi connectivity index (χ4n) is 3.77. The number of hydrogen-bond acceptors (Lipinski definition) is 3. The first-order chi connectivity index (χ1) is 17.2. The maximum Gasteiger partial charge on any atom is 0.326 e. The monoisotopic (exact) mass is 561 g/mol. The molecular formula is C27H19Cl4NO4. The van der Waals surface area contributed by atoms with E-state index >= 15 is 0 Å². The number of furan rings is 1. The molecule has 1 aromatic heterocycles. The second-order valence-corrected chi connectivity index (χ2v) is 9.68. The number of halogens is 4. The van der Waals surface area contributed by atoms with Gasteiger partial charge in [0.05, 0.1) is 22.2 Å². The van der Waals surface area contributed by atoms with Crippen molar-refractivity contribution in [3.63, 3.8) is 0 Å². The minimum Gasteiger partial charge on any atom is -0.480 e. The average molecular weight is 563 g/mol. The normalized spacial score (nSPS) is 11.8. The molecule has 1 N–H and O–H groups in total. The third-order valence-electron chi connectivity index (χ3n) is 5.54. The summed E-state index contributed by atoms with van der Waals surface area (Å²) in [7, 11) is 0. The standard InChI is InChI=1S/C27H19Cl4NO4/c28-17-6-9-20(22(30)13-17)25-11-8-19(36-25)15-32(26(33)21-10-7-18(29)14-23(21)31)24(27(34)35)12-16-4-2-1-3-5-16/h1-11,13-14,24H,12,15H2,(H,34,35). The van der Waals surface area contributed by atoms with Crippen molar-refractivity contribution in [3.05, 3.63) is 116 Å². The molecular weight excluding hydrogens is 544 g/mol. The number of carboxylic acids is 1. The molecule has 0 radical (unpaired) electrons. The van der Waals surface area contributed by atoms with Crippen LogP contribution in [0.3, 0.4) is 0 Å². The van der Waals surface area contributed by atoms with Crippen LogP contribution in [-0.4, -0.2) is 27.9 Å². The second-order valence-electron chi connectivity index (χ2n) is 7.99. The lowest BCUT2D eigenvalue weighted by Crippen LogP contribution is -2.46. The number of aliphatic carboxylic acids is 1. The summed E-state index contributed by atoms with van der Waals surface area (Å²) in [5, 5.41) is 11.5. The summed E-state index contributed by atoms with van der Waals surface area (Å²) in [5.41, 5.74) is 1.51. The molecule has 4 aromatic rings. The minimum atomic E-state index is -1.20. The number of carbonyl (C=O) groups is 2. The van der Waals surface area contributed by atoms with Gasteiger partial charge < -0.3 is 14.4 Å². The molecule has 0 aliphatic heterocycles. The Morgan fingerprint density at radius 2 is 1.50 bits per heavy atom. The zero-order valence-corrected chi connectivity index (χ0v) is 21.7. The van der Waals surface area contributed by atoms with E-state index in [2.05, 4.69) is 0 Å². The number of amides is 1. The summed E-state index contributed by atoms with van der Waals surface area (Å²) < 4.78 is 5.97. The Labute approximate surface area is 227 Å². The molecule has 1 amide bonds. The van der Waals surface area contributed by atoms with Gasteiger partial charge in [0.25, 0.3) is 5.91 Å². The van der Waals surface area contributed by atoms with Crippen molar-refractivity contribution in [2.24, 2.45) is 0 Å². The Hall–Kier alpha value is -2.96. The second kappa shape index (κ2) is 11.4. The highest BCUT2D eigenvalue weighted by Gasteiger charge is 2.32. The number of rotatable bonds is 8. The van der Waals surface area contributed by atoms with Gasteiger partial charge in [-0.25, -0.2) is 4.79 Å². The molecule has 1 heterocycles. The quantitative estimate of drug-likeness (QED) is 0.237. The van der Waals surface area contributed by atoms with E-state index < -0.39 is 17.9 Å². The molecule has 0 spiro atoms. The Balaban J connectivity index is 1.71. The van der Waals surface area contributed by atoms with Crippen LogP contribution >= 0.6 is 46.4 Å². The molecule has 184 valence electrons. The van der Waals surface area contributed by atoms with E-state index in [1.807, 2.05) is 18.2 Å². The van der Waals surface area contributed by atoms with E-state index in [1.54, 1.807) is 42.5 Å². The van der Waals surface area contributed by atoms with Gasteiger partial charge in [0.15, 0.2) is 0 Å². The lowest BCUT2D eigenvalue weighted by atomic mass is 10.0. The smallest absolute Gasteiger partial charge is 0.326 e. The van der Waals surface area contributed by atoms with Crippen molar-refractivity contribution in [3.8, 4) is 11.3 Å². The van der Waals surface area contributed by atoms with Gasteiger partial charge in [-0.05, 0) is 54.1 Å². The van der Waals surface area contributed by atoms with Crippen LogP contribution in [0.1, 0.15) is 21.7 Å². The summed E-state index contributed by atoms with van der Waals surface area (Å²) in [6, 6.07) is 20.7. The van der Waals surface area contributed by atoms with Crippen LogP contribution in [0, 0.1) is 0 Å². The summed E-state index contributed by atoms with van der Waals surface area (Å²) in [4.78, 5) is 27.3. The van der Waals surface area contributed by atoms with E-state index in [0.717, 1.165) is 5.56 Å². The molecule has 0 aliphatic rings. The van der Waals surface area contributed by atoms with Crippen molar-refractivity contribution in [2.75, 3.05) is 0 Å². The fourth-order valence-corrected chi connectivity index (χ4v) is 4.77. The first-order valence-electron chi connectivity index (χ1n) is 10.8. The first-order valence-corrected chi connectivity index (χ1v) is 12.3. The third-order valence-corrected chi connectivity index (χ3v) is 6.64. The summed E-state index contributed by atoms with van der Waals surface area (Å²) >= 11 is 24.6. The van der Waals surface area contributed by atoms with Crippen LogP contribution in [0.15, 0.2) is 83.3 Å². The van der Waals surface area contributed by atoms with E-state index in [-0.39, 0.29) is 23.6 Å². The van der Waals surface area contributed by atoms with E-state index in [4.69, 9.17) is 50.8 Å². The molecule has 9 heteroatoms. The molecule has 4 rings (SSSR count). The van der Waals surface area contributed by atoms with Crippen LogP contribution < -0.4 is 0 Å². The van der Waals surface area contributed by atoms with Gasteiger partial charge in [0, 0.05) is 22.0 Å². The Morgan fingerprint density at radius 3 is 2.14 bits per heavy atom. The molecule has 0 bridgehead atoms. The van der Waals surface area contributed by atoms with E-state index in [9.17, 15) is 14.7 Å². The predicted octanol–water partition coefficient (Wildman–Crippen LogP) is 7.90. The van der Waals surface area contributed by atoms with Crippen LogP contribution in [0.25, 0.3) is 11.3 Å². The van der Waals surface area contributed by atoms with Gasteiger partial charge in [0.2, 0.25) is 0 Å². The van der Waals surface area contributed by atoms with Gasteiger partial charge in [-0.15, -0.1) is 0 Å². The topological polar surface area (TPSA) is 70.8 Å². The molecule has 1 unspecified atom stereocenters. The van der Waals surface area contributed by atoms with Crippen molar-refractivity contribution in [1.29, 1.82) is 0 Å².